The minimum Gasteiger partial charge on any atom is -0.465 e. The highest BCUT2D eigenvalue weighted by Crippen LogP contribution is 2.22. The molecular weight excluding hydrogens is 306 g/mol. The van der Waals surface area contributed by atoms with Gasteiger partial charge in [-0.1, -0.05) is 24.3 Å². The Balaban J connectivity index is 1.85. The standard InChI is InChI=1S/C18H17N3O3/c1-12-7-8-16(19-9-12)20-17(22)11-21-10-14(18(23)24-2)13-5-3-4-6-15(13)21/h3-10H,11H2,1-2H3,(H,19,20,22). The second-order valence-electron chi connectivity index (χ2n) is 5.45. The number of esters is 1. The Morgan fingerprint density at radius 3 is 2.71 bits per heavy atom. The molecule has 6 nitrogen and oxygen atoms in total. The molecule has 2 heterocycles. The van der Waals surface area contributed by atoms with Crippen LogP contribution in [0.5, 0.6) is 0 Å². The predicted molar refractivity (Wildman–Crippen MR) is 90.9 cm³/mol. The first-order valence-corrected chi connectivity index (χ1v) is 7.47. The lowest BCUT2D eigenvalue weighted by Gasteiger charge is -2.07. The van der Waals surface area contributed by atoms with Crippen molar-refractivity contribution in [3.8, 4) is 0 Å². The van der Waals surface area contributed by atoms with Gasteiger partial charge in [0.05, 0.1) is 12.7 Å². The van der Waals surface area contributed by atoms with Crippen molar-refractivity contribution < 1.29 is 14.3 Å². The fourth-order valence-electron chi connectivity index (χ4n) is 2.53. The van der Waals surface area contributed by atoms with E-state index < -0.39 is 5.97 Å². The van der Waals surface area contributed by atoms with Crippen LogP contribution >= 0.6 is 0 Å². The Kier molecular flexibility index (Phi) is 4.29. The van der Waals surface area contributed by atoms with Gasteiger partial charge in [0.2, 0.25) is 5.91 Å². The van der Waals surface area contributed by atoms with Crippen LogP contribution in [0.4, 0.5) is 5.82 Å². The first-order valence-electron chi connectivity index (χ1n) is 7.47. The molecule has 0 aliphatic carbocycles. The number of methoxy groups -OCH3 is 1. The van der Waals surface area contributed by atoms with Crippen LogP contribution in [0.3, 0.4) is 0 Å². The smallest absolute Gasteiger partial charge is 0.340 e. The summed E-state index contributed by atoms with van der Waals surface area (Å²) in [6.07, 6.45) is 3.33. The highest BCUT2D eigenvalue weighted by atomic mass is 16.5. The normalized spacial score (nSPS) is 10.6. The summed E-state index contributed by atoms with van der Waals surface area (Å²) >= 11 is 0. The van der Waals surface area contributed by atoms with Crippen molar-refractivity contribution in [3.05, 3.63) is 59.9 Å². The summed E-state index contributed by atoms with van der Waals surface area (Å²) in [5.41, 5.74) is 2.26. The number of ether oxygens (including phenoxy) is 1. The molecule has 6 heteroatoms. The molecule has 0 aliphatic heterocycles. The molecule has 3 rings (SSSR count). The molecule has 1 amide bonds. The number of para-hydroxylation sites is 1. The number of fused-ring (bicyclic) bond motifs is 1. The van der Waals surface area contributed by atoms with Gasteiger partial charge < -0.3 is 14.6 Å². The maximum absolute atomic E-state index is 12.3. The van der Waals surface area contributed by atoms with Crippen LogP contribution in [0.15, 0.2) is 48.8 Å². The van der Waals surface area contributed by atoms with E-state index in [0.717, 1.165) is 16.5 Å². The van der Waals surface area contributed by atoms with Crippen molar-refractivity contribution in [2.24, 2.45) is 0 Å². The molecule has 24 heavy (non-hydrogen) atoms. The van der Waals surface area contributed by atoms with Gasteiger partial charge in [-0.2, -0.15) is 0 Å². The average Bonchev–Trinajstić information content (AvgIpc) is 2.95. The van der Waals surface area contributed by atoms with Gasteiger partial charge in [-0.15, -0.1) is 0 Å². The number of nitrogens with zero attached hydrogens (tertiary/aromatic N) is 2. The van der Waals surface area contributed by atoms with E-state index in [9.17, 15) is 9.59 Å². The summed E-state index contributed by atoms with van der Waals surface area (Å²) < 4.78 is 6.53. The molecule has 0 saturated carbocycles. The van der Waals surface area contributed by atoms with Gasteiger partial charge >= 0.3 is 5.97 Å². The number of anilines is 1. The Morgan fingerprint density at radius 1 is 1.21 bits per heavy atom. The molecule has 1 aromatic carbocycles. The number of amides is 1. The predicted octanol–water partition coefficient (Wildman–Crippen LogP) is 2.77. The third kappa shape index (κ3) is 3.12. The fraction of sp³-hybridized carbons (Fsp3) is 0.167. The number of aryl methyl sites for hydroxylation is 1. The van der Waals surface area contributed by atoms with Crippen molar-refractivity contribution in [1.82, 2.24) is 9.55 Å². The Bertz CT molecular complexity index is 898. The van der Waals surface area contributed by atoms with Crippen molar-refractivity contribution >= 4 is 28.6 Å². The van der Waals surface area contributed by atoms with Crippen LogP contribution in [0, 0.1) is 6.92 Å². The number of rotatable bonds is 4. The summed E-state index contributed by atoms with van der Waals surface area (Å²) in [5.74, 6) is -0.149. The lowest BCUT2D eigenvalue weighted by Crippen LogP contribution is -2.19. The molecule has 0 bridgehead atoms. The fourth-order valence-corrected chi connectivity index (χ4v) is 2.53. The van der Waals surface area contributed by atoms with Gasteiger partial charge in [0, 0.05) is 23.3 Å². The van der Waals surface area contributed by atoms with Gasteiger partial charge in [0.15, 0.2) is 0 Å². The molecule has 0 aliphatic rings. The van der Waals surface area contributed by atoms with Crippen LogP contribution in [0.25, 0.3) is 10.9 Å². The molecule has 0 unspecified atom stereocenters. The number of hydrogen-bond acceptors (Lipinski definition) is 4. The van der Waals surface area contributed by atoms with Crippen LogP contribution in [0.1, 0.15) is 15.9 Å². The Morgan fingerprint density at radius 2 is 2.00 bits per heavy atom. The van der Waals surface area contributed by atoms with Gasteiger partial charge in [-0.05, 0) is 24.6 Å². The minimum atomic E-state index is -0.425. The van der Waals surface area contributed by atoms with Crippen LogP contribution in [-0.4, -0.2) is 28.5 Å². The van der Waals surface area contributed by atoms with Crippen molar-refractivity contribution in [3.63, 3.8) is 0 Å². The molecule has 0 spiro atoms. The maximum Gasteiger partial charge on any atom is 0.340 e. The average molecular weight is 323 g/mol. The summed E-state index contributed by atoms with van der Waals surface area (Å²) in [6, 6.07) is 11.0. The van der Waals surface area contributed by atoms with Crippen molar-refractivity contribution in [2.45, 2.75) is 13.5 Å². The topological polar surface area (TPSA) is 73.2 Å². The number of carbonyl (C=O) groups is 2. The van der Waals surface area contributed by atoms with Gasteiger partial charge in [-0.25, -0.2) is 9.78 Å². The van der Waals surface area contributed by atoms with Gasteiger partial charge in [0.1, 0.15) is 12.4 Å². The zero-order valence-electron chi connectivity index (χ0n) is 13.4. The molecule has 2 aromatic heterocycles. The second kappa shape index (κ2) is 6.54. The number of benzene rings is 1. The van der Waals surface area contributed by atoms with Crippen LogP contribution in [0.2, 0.25) is 0 Å². The molecule has 0 fully saturated rings. The number of aromatic nitrogens is 2. The molecule has 0 atom stereocenters. The molecule has 0 saturated heterocycles. The Labute approximate surface area is 139 Å². The zero-order chi connectivity index (χ0) is 17.1. The largest absolute Gasteiger partial charge is 0.465 e. The summed E-state index contributed by atoms with van der Waals surface area (Å²) in [4.78, 5) is 28.3. The van der Waals surface area contributed by atoms with Crippen molar-refractivity contribution in [2.75, 3.05) is 12.4 Å². The number of carbonyl (C=O) groups excluding carboxylic acids is 2. The lowest BCUT2D eigenvalue weighted by atomic mass is 10.2. The van der Waals surface area contributed by atoms with Gasteiger partial charge in [-0.3, -0.25) is 4.79 Å². The molecule has 122 valence electrons. The highest BCUT2D eigenvalue weighted by molar-refractivity contribution is 6.04. The quantitative estimate of drug-likeness (QED) is 0.749. The minimum absolute atomic E-state index is 0.0765. The SMILES string of the molecule is COC(=O)c1cn(CC(=O)Nc2ccc(C)cn2)c2ccccc12. The first-order chi connectivity index (χ1) is 11.6. The second-order valence-corrected chi connectivity index (χ2v) is 5.45. The van der Waals surface area contributed by atoms with E-state index in [4.69, 9.17) is 4.74 Å². The van der Waals surface area contributed by atoms with E-state index in [2.05, 4.69) is 10.3 Å². The Hall–Kier alpha value is -3.15. The summed E-state index contributed by atoms with van der Waals surface area (Å²) in [7, 11) is 1.34. The number of nitrogens with one attached hydrogen (secondary N) is 1. The van der Waals surface area contributed by atoms with E-state index in [1.165, 1.54) is 7.11 Å². The van der Waals surface area contributed by atoms with E-state index in [-0.39, 0.29) is 12.5 Å². The molecular formula is C18H17N3O3. The van der Waals surface area contributed by atoms with Crippen LogP contribution in [-0.2, 0) is 16.1 Å². The lowest BCUT2D eigenvalue weighted by molar-refractivity contribution is -0.116. The number of hydrogen-bond donors (Lipinski definition) is 1. The molecule has 3 aromatic rings. The zero-order valence-corrected chi connectivity index (χ0v) is 13.4. The third-order valence-electron chi connectivity index (χ3n) is 3.69. The van der Waals surface area contributed by atoms with Gasteiger partial charge in [0.25, 0.3) is 0 Å². The van der Waals surface area contributed by atoms with E-state index in [1.54, 1.807) is 23.0 Å². The first kappa shape index (κ1) is 15.7. The third-order valence-corrected chi connectivity index (χ3v) is 3.69. The summed E-state index contributed by atoms with van der Waals surface area (Å²) in [5, 5.41) is 3.50. The molecule has 0 radical (unpaired) electrons. The monoisotopic (exact) mass is 323 g/mol. The number of pyridine rings is 1. The highest BCUT2D eigenvalue weighted by Gasteiger charge is 2.16. The van der Waals surface area contributed by atoms with E-state index >= 15 is 0 Å². The summed E-state index contributed by atoms with van der Waals surface area (Å²) in [6.45, 7) is 2.01. The maximum atomic E-state index is 12.3. The van der Waals surface area contributed by atoms with Crippen molar-refractivity contribution in [1.29, 1.82) is 0 Å². The van der Waals surface area contributed by atoms with E-state index in [0.29, 0.717) is 11.4 Å². The molecule has 1 N–H and O–H groups in total. The van der Waals surface area contributed by atoms with E-state index in [1.807, 2.05) is 37.3 Å². The van der Waals surface area contributed by atoms with Crippen LogP contribution < -0.4 is 5.32 Å².